The van der Waals surface area contributed by atoms with E-state index in [2.05, 4.69) is 22.1 Å². The van der Waals surface area contributed by atoms with E-state index in [0.29, 0.717) is 6.04 Å². The monoisotopic (exact) mass is 271 g/mol. The summed E-state index contributed by atoms with van der Waals surface area (Å²) >= 11 is 0. The lowest BCUT2D eigenvalue weighted by molar-refractivity contribution is 0.415. The lowest BCUT2D eigenvalue weighted by Gasteiger charge is -2.16. The van der Waals surface area contributed by atoms with Gasteiger partial charge in [0.15, 0.2) is 0 Å². The Morgan fingerprint density at radius 2 is 2.05 bits per heavy atom. The van der Waals surface area contributed by atoms with Crippen LogP contribution in [-0.4, -0.2) is 29.3 Å². The van der Waals surface area contributed by atoms with Crippen LogP contribution < -0.4 is 4.74 Å². The summed E-state index contributed by atoms with van der Waals surface area (Å²) in [6.07, 6.45) is 10.3. The summed E-state index contributed by atoms with van der Waals surface area (Å²) in [5.74, 6) is 0.840. The van der Waals surface area contributed by atoms with Crippen molar-refractivity contribution in [2.45, 2.75) is 38.1 Å². The van der Waals surface area contributed by atoms with Gasteiger partial charge in [-0.2, -0.15) is 0 Å². The van der Waals surface area contributed by atoms with Crippen molar-refractivity contribution in [3.8, 4) is 17.1 Å². The predicted octanol–water partition coefficient (Wildman–Crippen LogP) is 3.77. The second kappa shape index (κ2) is 5.99. The minimum atomic E-state index is 0.515. The number of aliphatic imine (C=N–C) groups is 1. The summed E-state index contributed by atoms with van der Waals surface area (Å²) in [5, 5.41) is 0. The zero-order chi connectivity index (χ0) is 13.8. The largest absolute Gasteiger partial charge is 0.495 e. The molecule has 4 nitrogen and oxygen atoms in total. The molecule has 3 rings (SSSR count). The van der Waals surface area contributed by atoms with Crippen molar-refractivity contribution in [1.82, 2.24) is 9.97 Å². The fraction of sp³-hybridized carbons (Fsp3) is 0.438. The summed E-state index contributed by atoms with van der Waals surface area (Å²) in [5.41, 5.74) is 3.14. The average molecular weight is 271 g/mol. The molecule has 2 aromatic heterocycles. The smallest absolute Gasteiger partial charge is 0.136 e. The molecule has 0 unspecified atom stereocenters. The minimum Gasteiger partial charge on any atom is -0.495 e. The Kier molecular flexibility index (Phi) is 3.90. The van der Waals surface area contributed by atoms with Crippen LogP contribution in [0, 0.1) is 0 Å². The van der Waals surface area contributed by atoms with Crippen LogP contribution in [0.3, 0.4) is 0 Å². The van der Waals surface area contributed by atoms with Crippen LogP contribution in [0.1, 0.15) is 37.8 Å². The molecule has 0 atom stereocenters. The van der Waals surface area contributed by atoms with E-state index in [1.807, 2.05) is 18.5 Å². The molecule has 4 heteroatoms. The number of aromatic amines is 2. The van der Waals surface area contributed by atoms with Crippen molar-refractivity contribution in [3.05, 3.63) is 30.1 Å². The molecule has 2 heterocycles. The van der Waals surface area contributed by atoms with Gasteiger partial charge in [0.05, 0.1) is 30.2 Å². The number of aromatic nitrogens is 2. The lowest BCUT2D eigenvalue weighted by Crippen LogP contribution is -2.09. The number of ether oxygens (including phenoxy) is 1. The van der Waals surface area contributed by atoms with Crippen molar-refractivity contribution in [3.63, 3.8) is 0 Å². The molecule has 1 saturated carbocycles. The van der Waals surface area contributed by atoms with Gasteiger partial charge in [0.1, 0.15) is 5.75 Å². The molecule has 1 aliphatic carbocycles. The highest BCUT2D eigenvalue weighted by molar-refractivity contribution is 5.79. The van der Waals surface area contributed by atoms with E-state index in [9.17, 15) is 0 Å². The molecule has 0 bridgehead atoms. The average Bonchev–Trinajstić information content (AvgIpc) is 3.15. The van der Waals surface area contributed by atoms with Crippen molar-refractivity contribution in [2.24, 2.45) is 4.99 Å². The molecule has 106 valence electrons. The molecule has 1 fully saturated rings. The predicted molar refractivity (Wildman–Crippen MR) is 81.6 cm³/mol. The Morgan fingerprint density at radius 1 is 1.20 bits per heavy atom. The van der Waals surface area contributed by atoms with E-state index in [1.165, 1.54) is 32.1 Å². The van der Waals surface area contributed by atoms with Crippen molar-refractivity contribution in [1.29, 1.82) is 0 Å². The second-order valence-electron chi connectivity index (χ2n) is 5.35. The van der Waals surface area contributed by atoms with Crippen molar-refractivity contribution >= 4 is 6.21 Å². The number of hydrogen-bond donors (Lipinski definition) is 2. The van der Waals surface area contributed by atoms with Gasteiger partial charge in [-0.15, -0.1) is 0 Å². The van der Waals surface area contributed by atoms with Gasteiger partial charge < -0.3 is 14.7 Å². The standard InChI is InChI=1S/C16H21N3O/c1-20-14-9-16(18-11-14)15-8-7-13(19-15)10-17-12-5-3-2-4-6-12/h7-12,18-19H,2-6H2,1H3. The topological polar surface area (TPSA) is 53.2 Å². The quantitative estimate of drug-likeness (QED) is 0.817. The SMILES string of the molecule is COc1c[nH]c(-c2ccc(C=NC3CCCCC3)[nH]2)c1. The Labute approximate surface area is 119 Å². The molecule has 0 saturated heterocycles. The first kappa shape index (κ1) is 13.0. The van der Waals surface area contributed by atoms with Crippen LogP contribution in [0.5, 0.6) is 5.75 Å². The summed E-state index contributed by atoms with van der Waals surface area (Å²) in [6.45, 7) is 0. The minimum absolute atomic E-state index is 0.515. The first-order chi connectivity index (χ1) is 9.85. The van der Waals surface area contributed by atoms with Crippen LogP contribution in [0.2, 0.25) is 0 Å². The van der Waals surface area contributed by atoms with Gasteiger partial charge in [-0.05, 0) is 25.0 Å². The van der Waals surface area contributed by atoms with E-state index in [4.69, 9.17) is 9.73 Å². The van der Waals surface area contributed by atoms with Gasteiger partial charge in [0.25, 0.3) is 0 Å². The van der Waals surface area contributed by atoms with E-state index >= 15 is 0 Å². The maximum absolute atomic E-state index is 5.18. The number of nitrogens with one attached hydrogen (secondary N) is 2. The maximum atomic E-state index is 5.18. The zero-order valence-electron chi connectivity index (χ0n) is 11.9. The highest BCUT2D eigenvalue weighted by atomic mass is 16.5. The maximum Gasteiger partial charge on any atom is 0.136 e. The highest BCUT2D eigenvalue weighted by Gasteiger charge is 2.11. The first-order valence-corrected chi connectivity index (χ1v) is 7.30. The molecule has 20 heavy (non-hydrogen) atoms. The Morgan fingerprint density at radius 3 is 2.80 bits per heavy atom. The van der Waals surface area contributed by atoms with Gasteiger partial charge in [0, 0.05) is 18.5 Å². The van der Waals surface area contributed by atoms with Crippen LogP contribution >= 0.6 is 0 Å². The van der Waals surface area contributed by atoms with E-state index in [1.54, 1.807) is 7.11 Å². The summed E-state index contributed by atoms with van der Waals surface area (Å²) < 4.78 is 5.18. The molecule has 1 aliphatic rings. The van der Waals surface area contributed by atoms with E-state index in [0.717, 1.165) is 22.8 Å². The van der Waals surface area contributed by atoms with E-state index < -0.39 is 0 Å². The van der Waals surface area contributed by atoms with Gasteiger partial charge in [-0.25, -0.2) is 0 Å². The Bertz CT molecular complexity index is 576. The summed E-state index contributed by atoms with van der Waals surface area (Å²) in [6, 6.07) is 6.62. The van der Waals surface area contributed by atoms with Crippen LogP contribution in [0.15, 0.2) is 29.4 Å². The number of H-pyrrole nitrogens is 2. The number of methoxy groups -OCH3 is 1. The third-order valence-corrected chi connectivity index (χ3v) is 3.89. The van der Waals surface area contributed by atoms with Crippen LogP contribution in [0.4, 0.5) is 0 Å². The molecule has 2 aromatic rings. The third kappa shape index (κ3) is 2.95. The Hall–Kier alpha value is -1.97. The lowest BCUT2D eigenvalue weighted by atomic mass is 9.96. The van der Waals surface area contributed by atoms with E-state index in [-0.39, 0.29) is 0 Å². The van der Waals surface area contributed by atoms with Gasteiger partial charge in [-0.3, -0.25) is 4.99 Å². The number of nitrogens with zero attached hydrogens (tertiary/aromatic N) is 1. The molecule has 0 amide bonds. The third-order valence-electron chi connectivity index (χ3n) is 3.89. The van der Waals surface area contributed by atoms with Crippen LogP contribution in [0.25, 0.3) is 11.4 Å². The normalized spacial score (nSPS) is 16.9. The molecule has 2 N–H and O–H groups in total. The molecular weight excluding hydrogens is 250 g/mol. The fourth-order valence-electron chi connectivity index (χ4n) is 2.71. The molecule has 0 radical (unpaired) electrons. The zero-order valence-corrected chi connectivity index (χ0v) is 11.9. The first-order valence-electron chi connectivity index (χ1n) is 7.30. The molecule has 0 aromatic carbocycles. The highest BCUT2D eigenvalue weighted by Crippen LogP contribution is 2.22. The number of rotatable bonds is 4. The van der Waals surface area contributed by atoms with Gasteiger partial charge in [-0.1, -0.05) is 19.3 Å². The molecule has 0 spiro atoms. The van der Waals surface area contributed by atoms with Crippen LogP contribution in [-0.2, 0) is 0 Å². The fourth-order valence-corrected chi connectivity index (χ4v) is 2.71. The second-order valence-corrected chi connectivity index (χ2v) is 5.35. The number of hydrogen-bond acceptors (Lipinski definition) is 2. The molecule has 0 aliphatic heterocycles. The van der Waals surface area contributed by atoms with Crippen molar-refractivity contribution < 1.29 is 4.74 Å². The Balaban J connectivity index is 1.68. The summed E-state index contributed by atoms with van der Waals surface area (Å²) in [4.78, 5) is 11.3. The van der Waals surface area contributed by atoms with Gasteiger partial charge in [0.2, 0.25) is 0 Å². The van der Waals surface area contributed by atoms with Crippen molar-refractivity contribution in [2.75, 3.05) is 7.11 Å². The molecular formula is C16H21N3O. The summed E-state index contributed by atoms with van der Waals surface area (Å²) in [7, 11) is 1.67. The van der Waals surface area contributed by atoms with Gasteiger partial charge >= 0.3 is 0 Å².